The number of unbranched alkanes of at least 4 members (excludes halogenated alkanes) is 2. The highest BCUT2D eigenvalue weighted by Gasteiger charge is 2.35. The molecule has 0 saturated heterocycles. The molecular formula is C40H72N10O13. The Morgan fingerprint density at radius 1 is 0.397 bits per heavy atom. The summed E-state index contributed by atoms with van der Waals surface area (Å²) < 4.78 is 0. The number of carboxylic acid groups (broad SMARTS) is 3. The molecule has 360 valence electrons. The summed E-state index contributed by atoms with van der Waals surface area (Å²) in [5, 5.41) is 45.6. The van der Waals surface area contributed by atoms with Crippen LogP contribution in [0.15, 0.2) is 0 Å². The van der Waals surface area contributed by atoms with E-state index >= 15 is 0 Å². The number of rotatable bonds is 33. The number of hydrogen-bond donors (Lipinski definition) is 13. The average molecular weight is 901 g/mol. The van der Waals surface area contributed by atoms with Crippen LogP contribution < -0.4 is 54.4 Å². The van der Waals surface area contributed by atoms with Crippen molar-refractivity contribution in [1.82, 2.24) is 37.2 Å². The average Bonchev–Trinajstić information content (AvgIpc) is 3.17. The molecule has 0 aromatic heterocycles. The highest BCUT2D eigenvalue weighted by Crippen LogP contribution is 2.13. The lowest BCUT2D eigenvalue weighted by atomic mass is 9.98. The van der Waals surface area contributed by atoms with Gasteiger partial charge in [0.25, 0.3) is 0 Å². The number of carbonyl (C=O) groups is 10. The number of carbonyl (C=O) groups excluding carboxylic acids is 7. The van der Waals surface area contributed by atoms with Crippen LogP contribution in [0.4, 0.5) is 0 Å². The van der Waals surface area contributed by atoms with Gasteiger partial charge in [-0.25, -0.2) is 4.79 Å². The summed E-state index contributed by atoms with van der Waals surface area (Å²) in [5.74, 6) is -11.3. The Labute approximate surface area is 368 Å². The van der Waals surface area contributed by atoms with E-state index in [0.29, 0.717) is 38.8 Å². The van der Waals surface area contributed by atoms with Crippen molar-refractivity contribution < 1.29 is 63.3 Å². The molecule has 63 heavy (non-hydrogen) atoms. The van der Waals surface area contributed by atoms with E-state index in [4.69, 9.17) is 17.2 Å². The standard InChI is InChI=1S/C40H72N10O13/c1-21(2)15-26(35(57)45-24(11-7-9-13-41)34(56)46-25(40(62)63)12-8-10-14-42)47-36(58)27(16-22(3)4)48-37(59)28(17-23(5)6)49-39(61)30(19-33(54)55)50-38(60)29(18-32(52)53)44-31(51)20-43/h21-30H,7-20,41-43H2,1-6H3,(H,44,51)(H,45,57)(H,46,56)(H,47,58)(H,48,59)(H,49,61)(H,50,60)(H,52,53)(H,54,55)(H,62,63)/t24-,25-,26-,27-,28-,29-,30-/m0/s1. The number of amides is 7. The van der Waals surface area contributed by atoms with Crippen molar-refractivity contribution in [2.24, 2.45) is 35.0 Å². The third-order valence-electron chi connectivity index (χ3n) is 9.39. The SMILES string of the molecule is CC(C)C[C@H](NC(=O)[C@H](CC(C)C)NC(=O)[C@H](CC(C)C)NC(=O)[C@H](CC(=O)O)NC(=O)[C@H](CC(=O)O)NC(=O)CN)C(=O)N[C@@H](CCCCN)C(=O)N[C@@H](CCCCN)C(=O)O. The normalized spacial score (nSPS) is 14.5. The molecule has 7 atom stereocenters. The summed E-state index contributed by atoms with van der Waals surface area (Å²) in [7, 11) is 0. The van der Waals surface area contributed by atoms with Crippen LogP contribution in [-0.2, 0) is 47.9 Å². The van der Waals surface area contributed by atoms with E-state index in [1.54, 1.807) is 41.5 Å². The van der Waals surface area contributed by atoms with Gasteiger partial charge in [-0.05, 0) is 88.6 Å². The van der Waals surface area contributed by atoms with Crippen LogP contribution in [0.2, 0.25) is 0 Å². The van der Waals surface area contributed by atoms with Gasteiger partial charge in [0.05, 0.1) is 19.4 Å². The number of hydrogen-bond acceptors (Lipinski definition) is 13. The minimum absolute atomic E-state index is 0.0305. The van der Waals surface area contributed by atoms with Gasteiger partial charge in [-0.3, -0.25) is 43.2 Å². The minimum Gasteiger partial charge on any atom is -0.481 e. The molecule has 16 N–H and O–H groups in total. The molecule has 0 fully saturated rings. The largest absolute Gasteiger partial charge is 0.481 e. The molecule has 0 heterocycles. The van der Waals surface area contributed by atoms with Crippen molar-refractivity contribution in [3.05, 3.63) is 0 Å². The zero-order valence-corrected chi connectivity index (χ0v) is 37.3. The maximum absolute atomic E-state index is 14.0. The zero-order chi connectivity index (χ0) is 48.4. The smallest absolute Gasteiger partial charge is 0.326 e. The van der Waals surface area contributed by atoms with Gasteiger partial charge in [-0.2, -0.15) is 0 Å². The number of aliphatic carboxylic acids is 3. The first-order valence-electron chi connectivity index (χ1n) is 21.3. The van der Waals surface area contributed by atoms with Crippen LogP contribution in [0.5, 0.6) is 0 Å². The first-order chi connectivity index (χ1) is 29.4. The summed E-state index contributed by atoms with van der Waals surface area (Å²) in [5.41, 5.74) is 16.4. The fraction of sp³-hybridized carbons (Fsp3) is 0.750. The first kappa shape index (κ1) is 57.6. The second-order valence-electron chi connectivity index (χ2n) is 16.7. The molecule has 23 nitrogen and oxygen atoms in total. The summed E-state index contributed by atoms with van der Waals surface area (Å²) >= 11 is 0. The van der Waals surface area contributed by atoms with Crippen molar-refractivity contribution in [3.8, 4) is 0 Å². The molecule has 0 bridgehead atoms. The van der Waals surface area contributed by atoms with Gasteiger partial charge in [0, 0.05) is 0 Å². The predicted octanol–water partition coefficient (Wildman–Crippen LogP) is -2.23. The maximum Gasteiger partial charge on any atom is 0.326 e. The fourth-order valence-electron chi connectivity index (χ4n) is 6.28. The van der Waals surface area contributed by atoms with Gasteiger partial charge in [-0.15, -0.1) is 0 Å². The van der Waals surface area contributed by atoms with Crippen LogP contribution in [-0.4, -0.2) is 137 Å². The predicted molar refractivity (Wildman–Crippen MR) is 229 cm³/mol. The fourth-order valence-corrected chi connectivity index (χ4v) is 6.28. The highest BCUT2D eigenvalue weighted by molar-refractivity contribution is 5.98. The number of carboxylic acids is 3. The van der Waals surface area contributed by atoms with Crippen molar-refractivity contribution in [2.45, 2.75) is 154 Å². The third kappa shape index (κ3) is 24.7. The Kier molecular flexibility index (Phi) is 28.0. The Morgan fingerprint density at radius 2 is 0.683 bits per heavy atom. The van der Waals surface area contributed by atoms with E-state index in [-0.39, 0.29) is 49.9 Å². The van der Waals surface area contributed by atoms with Crippen molar-refractivity contribution >= 4 is 59.3 Å². The molecule has 0 aromatic carbocycles. The van der Waals surface area contributed by atoms with Crippen molar-refractivity contribution in [1.29, 1.82) is 0 Å². The third-order valence-corrected chi connectivity index (χ3v) is 9.39. The van der Waals surface area contributed by atoms with Gasteiger partial charge in [0.15, 0.2) is 0 Å². The van der Waals surface area contributed by atoms with Crippen LogP contribution in [0.3, 0.4) is 0 Å². The molecule has 0 aliphatic heterocycles. The maximum atomic E-state index is 14.0. The van der Waals surface area contributed by atoms with E-state index in [1.807, 2.05) is 0 Å². The second kappa shape index (κ2) is 30.6. The second-order valence-corrected chi connectivity index (χ2v) is 16.7. The lowest BCUT2D eigenvalue weighted by Gasteiger charge is -2.29. The van der Waals surface area contributed by atoms with E-state index in [2.05, 4.69) is 37.2 Å². The molecule has 0 radical (unpaired) electrons. The Hall–Kier alpha value is -5.42. The van der Waals surface area contributed by atoms with E-state index < -0.39 is 121 Å². The highest BCUT2D eigenvalue weighted by atomic mass is 16.4. The molecule has 0 aliphatic carbocycles. The van der Waals surface area contributed by atoms with Crippen LogP contribution in [0.1, 0.15) is 112 Å². The summed E-state index contributed by atoms with van der Waals surface area (Å²) in [6.07, 6.45) is 0.337. The lowest BCUT2D eigenvalue weighted by Crippen LogP contribution is -2.60. The van der Waals surface area contributed by atoms with Gasteiger partial charge >= 0.3 is 17.9 Å². The van der Waals surface area contributed by atoms with Gasteiger partial charge in [0.1, 0.15) is 42.3 Å². The number of nitrogens with two attached hydrogens (primary N) is 3. The van der Waals surface area contributed by atoms with Gasteiger partial charge in [0.2, 0.25) is 41.4 Å². The van der Waals surface area contributed by atoms with Crippen LogP contribution in [0.25, 0.3) is 0 Å². The topological polar surface area (TPSA) is 394 Å². The van der Waals surface area contributed by atoms with Crippen molar-refractivity contribution in [3.63, 3.8) is 0 Å². The quantitative estimate of drug-likeness (QED) is 0.0310. The molecular weight excluding hydrogens is 828 g/mol. The Balaban J connectivity index is 6.50. The summed E-state index contributed by atoms with van der Waals surface area (Å²) in [4.78, 5) is 129. The van der Waals surface area contributed by atoms with E-state index in [1.165, 1.54) is 0 Å². The molecule has 0 aliphatic rings. The summed E-state index contributed by atoms with van der Waals surface area (Å²) in [6.45, 7) is 10.6. The Morgan fingerprint density at radius 3 is 1.00 bits per heavy atom. The van der Waals surface area contributed by atoms with Crippen molar-refractivity contribution in [2.75, 3.05) is 19.6 Å². The first-order valence-corrected chi connectivity index (χ1v) is 21.3. The summed E-state index contributed by atoms with van der Waals surface area (Å²) in [6, 6.07) is -9.89. The number of nitrogens with one attached hydrogen (secondary N) is 7. The Bertz CT molecular complexity index is 1540. The molecule has 0 unspecified atom stereocenters. The molecule has 7 amide bonds. The minimum atomic E-state index is -1.85. The van der Waals surface area contributed by atoms with Crippen LogP contribution in [0, 0.1) is 17.8 Å². The van der Waals surface area contributed by atoms with Gasteiger partial charge < -0.3 is 69.7 Å². The molecule has 0 spiro atoms. The molecule has 23 heteroatoms. The molecule has 0 rings (SSSR count). The zero-order valence-electron chi connectivity index (χ0n) is 37.3. The molecule has 0 saturated carbocycles. The van der Waals surface area contributed by atoms with Gasteiger partial charge in [-0.1, -0.05) is 41.5 Å². The lowest BCUT2D eigenvalue weighted by molar-refractivity contribution is -0.143. The molecule has 0 aromatic rings. The van der Waals surface area contributed by atoms with Crippen LogP contribution >= 0.6 is 0 Å². The monoisotopic (exact) mass is 901 g/mol. The van der Waals surface area contributed by atoms with E-state index in [9.17, 15) is 63.3 Å². The van der Waals surface area contributed by atoms with E-state index in [0.717, 1.165) is 0 Å².